The summed E-state index contributed by atoms with van der Waals surface area (Å²) in [5, 5.41) is 0. The van der Waals surface area contributed by atoms with Gasteiger partial charge >= 0.3 is 0 Å². The van der Waals surface area contributed by atoms with E-state index in [0.717, 1.165) is 16.8 Å². The molecule has 0 N–H and O–H groups in total. The van der Waals surface area contributed by atoms with Crippen LogP contribution < -0.4 is 0 Å². The van der Waals surface area contributed by atoms with E-state index in [9.17, 15) is 4.79 Å². The van der Waals surface area contributed by atoms with Crippen LogP contribution >= 0.6 is 0 Å². The Labute approximate surface area is 98.4 Å². The summed E-state index contributed by atoms with van der Waals surface area (Å²) in [7, 11) is 0. The maximum absolute atomic E-state index is 10.5. The van der Waals surface area contributed by atoms with Gasteiger partial charge in [0, 0.05) is 12.0 Å². The van der Waals surface area contributed by atoms with Crippen molar-refractivity contribution >= 4 is 17.0 Å². The van der Waals surface area contributed by atoms with E-state index in [4.69, 9.17) is 0 Å². The van der Waals surface area contributed by atoms with Gasteiger partial charge in [-0.1, -0.05) is 18.2 Å². The van der Waals surface area contributed by atoms with Crippen LogP contribution in [-0.2, 0) is 4.79 Å². The molecule has 2 aromatic heterocycles. The summed E-state index contributed by atoms with van der Waals surface area (Å²) in [5.74, 6) is 1.92. The van der Waals surface area contributed by atoms with Gasteiger partial charge in [0.2, 0.25) is 0 Å². The molecule has 82 valence electrons. The van der Waals surface area contributed by atoms with E-state index in [2.05, 4.69) is 4.98 Å². The first-order chi connectivity index (χ1) is 8.38. The van der Waals surface area contributed by atoms with Crippen LogP contribution in [0.5, 0.6) is 0 Å². The van der Waals surface area contributed by atoms with Crippen molar-refractivity contribution in [3.05, 3.63) is 60.2 Å². The van der Waals surface area contributed by atoms with E-state index in [1.807, 2.05) is 53.0 Å². The largest absolute Gasteiger partial charge is 0.299 e. The van der Waals surface area contributed by atoms with E-state index in [1.54, 1.807) is 6.33 Å². The third-order valence-electron chi connectivity index (χ3n) is 2.88. The molecule has 2 heterocycles. The number of carbonyl (C=O) groups excluding carboxylic acids is 1. The molecule has 17 heavy (non-hydrogen) atoms. The molecular formula is C14H10N2O. The van der Waals surface area contributed by atoms with Gasteiger partial charge in [0.15, 0.2) is 0 Å². The van der Waals surface area contributed by atoms with Crippen molar-refractivity contribution in [2.75, 3.05) is 0 Å². The lowest BCUT2D eigenvalue weighted by atomic mass is 10.0. The predicted molar refractivity (Wildman–Crippen MR) is 66.1 cm³/mol. The monoisotopic (exact) mass is 222 g/mol. The van der Waals surface area contributed by atoms with Crippen LogP contribution in [0.4, 0.5) is 0 Å². The van der Waals surface area contributed by atoms with Crippen LogP contribution in [0.1, 0.15) is 12.1 Å². The minimum atomic E-state index is 0.639. The van der Waals surface area contributed by atoms with Gasteiger partial charge in [0.05, 0.1) is 23.7 Å². The van der Waals surface area contributed by atoms with Crippen LogP contribution in [-0.4, -0.2) is 15.3 Å². The molecule has 0 bridgehead atoms. The van der Waals surface area contributed by atoms with Crippen molar-refractivity contribution in [1.82, 2.24) is 9.38 Å². The second-order valence-electron chi connectivity index (χ2n) is 3.92. The van der Waals surface area contributed by atoms with Crippen LogP contribution in [0.3, 0.4) is 0 Å². The van der Waals surface area contributed by atoms with Crippen LogP contribution in [0.15, 0.2) is 54.5 Å². The second-order valence-corrected chi connectivity index (χ2v) is 3.92. The van der Waals surface area contributed by atoms with E-state index < -0.39 is 0 Å². The number of imidazole rings is 1. The van der Waals surface area contributed by atoms with E-state index >= 15 is 0 Å². The molecule has 0 radical (unpaired) electrons. The summed E-state index contributed by atoms with van der Waals surface area (Å²) in [6.45, 7) is 0. The van der Waals surface area contributed by atoms with Gasteiger partial charge in [0.25, 0.3) is 0 Å². The minimum absolute atomic E-state index is 0.639. The highest BCUT2D eigenvalue weighted by Crippen LogP contribution is 2.23. The Balaban J connectivity index is 2.12. The van der Waals surface area contributed by atoms with Gasteiger partial charge in [-0.05, 0) is 23.8 Å². The molecule has 3 nitrogen and oxygen atoms in total. The number of nitrogens with zero attached hydrogens (tertiary/aromatic N) is 2. The lowest BCUT2D eigenvalue weighted by molar-refractivity contribution is 0.567. The molecule has 1 aliphatic rings. The van der Waals surface area contributed by atoms with Crippen LogP contribution in [0, 0.1) is 0 Å². The first-order valence-electron chi connectivity index (χ1n) is 5.42. The van der Waals surface area contributed by atoms with Crippen molar-refractivity contribution < 1.29 is 4.79 Å². The van der Waals surface area contributed by atoms with Crippen molar-refractivity contribution in [3.8, 4) is 0 Å². The highest BCUT2D eigenvalue weighted by Gasteiger charge is 2.07. The molecule has 0 amide bonds. The quantitative estimate of drug-likeness (QED) is 0.694. The van der Waals surface area contributed by atoms with Gasteiger partial charge in [-0.15, -0.1) is 0 Å². The van der Waals surface area contributed by atoms with Crippen LogP contribution in [0.2, 0.25) is 0 Å². The first-order valence-corrected chi connectivity index (χ1v) is 5.42. The summed E-state index contributed by atoms with van der Waals surface area (Å²) >= 11 is 0. The van der Waals surface area contributed by atoms with Gasteiger partial charge in [-0.3, -0.25) is 4.40 Å². The Morgan fingerprint density at radius 2 is 2.24 bits per heavy atom. The fourth-order valence-electron chi connectivity index (χ4n) is 2.00. The molecule has 1 aliphatic carbocycles. The summed E-state index contributed by atoms with van der Waals surface area (Å²) in [4.78, 5) is 14.6. The second kappa shape index (κ2) is 3.89. The Morgan fingerprint density at radius 3 is 3.00 bits per heavy atom. The molecule has 2 aromatic rings. The summed E-state index contributed by atoms with van der Waals surface area (Å²) in [6, 6.07) is 6.06. The maximum atomic E-state index is 10.5. The van der Waals surface area contributed by atoms with Gasteiger partial charge in [-0.25, -0.2) is 9.78 Å². The van der Waals surface area contributed by atoms with Crippen molar-refractivity contribution in [1.29, 1.82) is 0 Å². The Morgan fingerprint density at radius 1 is 1.29 bits per heavy atom. The SMILES string of the molecule is O=C=C1C=CC(c2cccc3cncn23)=CC1. The first kappa shape index (κ1) is 9.82. The predicted octanol–water partition coefficient (Wildman–Crippen LogP) is 2.44. The minimum Gasteiger partial charge on any atom is -0.299 e. The van der Waals surface area contributed by atoms with Gasteiger partial charge in [0.1, 0.15) is 5.94 Å². The Kier molecular flexibility index (Phi) is 2.25. The zero-order valence-corrected chi connectivity index (χ0v) is 9.13. The zero-order valence-electron chi connectivity index (χ0n) is 9.13. The lowest BCUT2D eigenvalue weighted by Gasteiger charge is -2.09. The summed E-state index contributed by atoms with van der Waals surface area (Å²) in [6.07, 6.45) is 10.1. The van der Waals surface area contributed by atoms with Crippen molar-refractivity contribution in [2.24, 2.45) is 0 Å². The lowest BCUT2D eigenvalue weighted by Crippen LogP contribution is -1.96. The Hall–Kier alpha value is -2.38. The summed E-state index contributed by atoms with van der Waals surface area (Å²) in [5.41, 5.74) is 3.94. The number of allylic oxidation sites excluding steroid dienone is 5. The molecule has 0 unspecified atom stereocenters. The number of fused-ring (bicyclic) bond motifs is 1. The average molecular weight is 222 g/mol. The highest BCUT2D eigenvalue weighted by molar-refractivity contribution is 5.78. The fourth-order valence-corrected chi connectivity index (χ4v) is 2.00. The standard InChI is InChI=1S/C14H10N2O/c17-9-11-4-6-12(7-5-11)14-3-1-2-13-8-15-10-16(13)14/h1-4,6-8,10H,5H2. The molecule has 0 aromatic carbocycles. The molecular weight excluding hydrogens is 212 g/mol. The topological polar surface area (TPSA) is 34.4 Å². The average Bonchev–Trinajstić information content (AvgIpc) is 2.87. The zero-order chi connectivity index (χ0) is 11.7. The molecule has 0 atom stereocenters. The van der Waals surface area contributed by atoms with Crippen molar-refractivity contribution in [3.63, 3.8) is 0 Å². The number of pyridine rings is 1. The summed E-state index contributed by atoms with van der Waals surface area (Å²) < 4.78 is 2.03. The third kappa shape index (κ3) is 1.63. The molecule has 3 rings (SSSR count). The van der Waals surface area contributed by atoms with Gasteiger partial charge < -0.3 is 0 Å². The molecule has 0 aliphatic heterocycles. The number of aromatic nitrogens is 2. The van der Waals surface area contributed by atoms with Crippen molar-refractivity contribution in [2.45, 2.75) is 6.42 Å². The molecule has 0 saturated carbocycles. The number of hydrogen-bond donors (Lipinski definition) is 0. The molecule has 0 saturated heterocycles. The van der Waals surface area contributed by atoms with E-state index in [0.29, 0.717) is 12.0 Å². The van der Waals surface area contributed by atoms with E-state index in [-0.39, 0.29) is 0 Å². The number of hydrogen-bond acceptors (Lipinski definition) is 2. The van der Waals surface area contributed by atoms with E-state index in [1.165, 1.54) is 0 Å². The fraction of sp³-hybridized carbons (Fsp3) is 0.0714. The molecule has 0 fully saturated rings. The Bertz CT molecular complexity index is 685. The molecule has 3 heteroatoms. The highest BCUT2D eigenvalue weighted by atomic mass is 16.1. The van der Waals surface area contributed by atoms with Crippen LogP contribution in [0.25, 0.3) is 11.1 Å². The smallest absolute Gasteiger partial charge is 0.128 e. The molecule has 0 spiro atoms. The maximum Gasteiger partial charge on any atom is 0.128 e. The third-order valence-corrected chi connectivity index (χ3v) is 2.88. The normalized spacial score (nSPS) is 14.8. The number of rotatable bonds is 1. The van der Waals surface area contributed by atoms with Gasteiger partial charge in [-0.2, -0.15) is 0 Å².